The highest BCUT2D eigenvalue weighted by Crippen LogP contribution is 2.15. The summed E-state index contributed by atoms with van der Waals surface area (Å²) in [5, 5.41) is 0. The lowest BCUT2D eigenvalue weighted by Gasteiger charge is -2.18. The second-order valence-electron chi connectivity index (χ2n) is 21.6. The molecule has 458 valence electrons. The van der Waals surface area contributed by atoms with Gasteiger partial charge >= 0.3 is 17.9 Å². The van der Waals surface area contributed by atoms with Gasteiger partial charge in [0.2, 0.25) is 0 Å². The molecule has 0 aromatic heterocycles. The van der Waals surface area contributed by atoms with E-state index < -0.39 is 6.10 Å². The third-order valence-corrected chi connectivity index (χ3v) is 13.8. The van der Waals surface area contributed by atoms with Crippen molar-refractivity contribution >= 4 is 17.9 Å². The number of hydrogen-bond acceptors (Lipinski definition) is 6. The third kappa shape index (κ3) is 66.0. The van der Waals surface area contributed by atoms with Crippen LogP contribution in [0.3, 0.4) is 0 Å². The minimum Gasteiger partial charge on any atom is -0.462 e. The fourth-order valence-corrected chi connectivity index (χ4v) is 8.88. The number of rotatable bonds is 59. The van der Waals surface area contributed by atoms with Gasteiger partial charge in [0.05, 0.1) is 0 Å². The van der Waals surface area contributed by atoms with E-state index in [1.54, 1.807) is 0 Å². The maximum atomic E-state index is 12.9. The molecule has 6 heteroatoms. The van der Waals surface area contributed by atoms with Gasteiger partial charge in [0.25, 0.3) is 0 Å². The molecular formula is C75H122O6. The predicted molar refractivity (Wildman–Crippen MR) is 352 cm³/mol. The van der Waals surface area contributed by atoms with Crippen LogP contribution in [0.25, 0.3) is 0 Å². The van der Waals surface area contributed by atoms with Gasteiger partial charge in [-0.05, 0) is 141 Å². The molecule has 0 heterocycles. The largest absolute Gasteiger partial charge is 0.462 e. The Hall–Kier alpha value is -4.71. The van der Waals surface area contributed by atoms with E-state index in [0.29, 0.717) is 19.3 Å². The number of hydrogen-bond donors (Lipinski definition) is 0. The molecule has 0 aromatic carbocycles. The molecule has 0 saturated heterocycles. The molecule has 0 amide bonds. The minimum atomic E-state index is -0.804. The van der Waals surface area contributed by atoms with Crippen molar-refractivity contribution in [1.82, 2.24) is 0 Å². The molecule has 0 aliphatic heterocycles. The van der Waals surface area contributed by atoms with Gasteiger partial charge in [-0.1, -0.05) is 276 Å². The van der Waals surface area contributed by atoms with Gasteiger partial charge in [0, 0.05) is 19.3 Å². The first-order chi connectivity index (χ1) is 40.0. The summed E-state index contributed by atoms with van der Waals surface area (Å²) in [6.45, 7) is 6.36. The summed E-state index contributed by atoms with van der Waals surface area (Å²) in [6, 6.07) is 0. The van der Waals surface area contributed by atoms with Crippen molar-refractivity contribution in [2.24, 2.45) is 0 Å². The Labute approximate surface area is 499 Å². The van der Waals surface area contributed by atoms with Gasteiger partial charge < -0.3 is 14.2 Å². The molecule has 1 atom stereocenters. The van der Waals surface area contributed by atoms with Crippen LogP contribution in [0.4, 0.5) is 0 Å². The van der Waals surface area contributed by atoms with Crippen LogP contribution in [0.5, 0.6) is 0 Å². The van der Waals surface area contributed by atoms with Crippen LogP contribution >= 0.6 is 0 Å². The van der Waals surface area contributed by atoms with Crippen LogP contribution in [-0.4, -0.2) is 37.2 Å². The van der Waals surface area contributed by atoms with Crippen molar-refractivity contribution < 1.29 is 28.6 Å². The molecular weight excluding hydrogens is 997 g/mol. The molecule has 0 spiro atoms. The molecule has 0 saturated carbocycles. The number of unbranched alkanes of at least 4 members (excludes halogenated alkanes) is 24. The molecule has 0 aromatic rings. The number of ether oxygens (including phenoxy) is 3. The summed E-state index contributed by atoms with van der Waals surface area (Å²) in [7, 11) is 0. The summed E-state index contributed by atoms with van der Waals surface area (Å²) >= 11 is 0. The van der Waals surface area contributed by atoms with E-state index in [9.17, 15) is 14.4 Å². The molecule has 0 bridgehead atoms. The smallest absolute Gasteiger partial charge is 0.306 e. The van der Waals surface area contributed by atoms with Crippen LogP contribution in [0.2, 0.25) is 0 Å². The Balaban J connectivity index is 4.33. The quantitative estimate of drug-likeness (QED) is 0.0261. The Morgan fingerprint density at radius 3 is 0.753 bits per heavy atom. The molecule has 1 unspecified atom stereocenters. The standard InChI is InChI=1S/C75H122O6/c1-4-7-10-13-16-19-22-25-28-30-31-32-33-34-35-36-37-38-39-40-41-42-43-45-47-50-53-56-59-62-65-68-74(77)80-71-72(70-79-73(76)67-64-61-58-55-52-49-46-27-24-21-18-15-12-9-6-3)81-75(78)69-66-63-60-57-54-51-48-44-29-26-23-20-17-14-11-8-5-2/h7-8,10-11,16-21,25-29,31-32,34-35,37-38,46,48,51,72H,4-6,9,12-15,22-24,30,33,36,39-45,47,49-50,52-71H2,1-3H3/b10-7-,11-8-,19-16-,20-17-,21-18-,28-25-,29-26-,32-31-,35-34-,38-37-,46-27-,51-48-. The highest BCUT2D eigenvalue weighted by atomic mass is 16.6. The summed E-state index contributed by atoms with van der Waals surface area (Å²) in [5.41, 5.74) is 0. The van der Waals surface area contributed by atoms with E-state index in [4.69, 9.17) is 14.2 Å². The van der Waals surface area contributed by atoms with E-state index in [-0.39, 0.29) is 31.1 Å². The average Bonchev–Trinajstić information content (AvgIpc) is 3.47. The predicted octanol–water partition coefficient (Wildman–Crippen LogP) is 23.1. The Morgan fingerprint density at radius 2 is 0.481 bits per heavy atom. The number of esters is 3. The van der Waals surface area contributed by atoms with E-state index in [2.05, 4.69) is 167 Å². The van der Waals surface area contributed by atoms with Crippen molar-refractivity contribution in [3.63, 3.8) is 0 Å². The zero-order valence-corrected chi connectivity index (χ0v) is 52.5. The third-order valence-electron chi connectivity index (χ3n) is 13.8. The molecule has 0 rings (SSSR count). The van der Waals surface area contributed by atoms with Gasteiger partial charge in [0.1, 0.15) is 13.2 Å². The number of carbonyl (C=O) groups excluding carboxylic acids is 3. The second kappa shape index (κ2) is 67.8. The van der Waals surface area contributed by atoms with Crippen molar-refractivity contribution in [3.05, 3.63) is 146 Å². The van der Waals surface area contributed by atoms with Crippen LogP contribution in [0, 0.1) is 0 Å². The Bertz CT molecular complexity index is 1760. The molecule has 0 fully saturated rings. The lowest BCUT2D eigenvalue weighted by molar-refractivity contribution is -0.167. The van der Waals surface area contributed by atoms with Gasteiger partial charge in [-0.2, -0.15) is 0 Å². The fourth-order valence-electron chi connectivity index (χ4n) is 8.88. The van der Waals surface area contributed by atoms with Crippen molar-refractivity contribution in [2.45, 2.75) is 297 Å². The summed E-state index contributed by atoms with van der Waals surface area (Å²) in [6.07, 6.45) is 97.1. The van der Waals surface area contributed by atoms with E-state index in [1.807, 2.05) is 0 Å². The molecule has 0 radical (unpaired) electrons. The molecule has 0 aliphatic carbocycles. The molecule has 6 nitrogen and oxygen atoms in total. The first kappa shape index (κ1) is 76.3. The minimum absolute atomic E-state index is 0.0973. The number of allylic oxidation sites excluding steroid dienone is 24. The summed E-state index contributed by atoms with van der Waals surface area (Å²) < 4.78 is 16.9. The second-order valence-corrected chi connectivity index (χ2v) is 21.6. The van der Waals surface area contributed by atoms with Crippen LogP contribution in [-0.2, 0) is 28.6 Å². The highest BCUT2D eigenvalue weighted by Gasteiger charge is 2.19. The highest BCUT2D eigenvalue weighted by molar-refractivity contribution is 5.71. The first-order valence-corrected chi connectivity index (χ1v) is 33.3. The normalized spacial score (nSPS) is 13.1. The summed E-state index contributed by atoms with van der Waals surface area (Å²) in [5.74, 6) is -0.935. The lowest BCUT2D eigenvalue weighted by atomic mass is 10.0. The van der Waals surface area contributed by atoms with Gasteiger partial charge in [-0.15, -0.1) is 0 Å². The van der Waals surface area contributed by atoms with Gasteiger partial charge in [0.15, 0.2) is 6.10 Å². The fraction of sp³-hybridized carbons (Fsp3) is 0.640. The maximum Gasteiger partial charge on any atom is 0.306 e. The molecule has 81 heavy (non-hydrogen) atoms. The average molecular weight is 1120 g/mol. The molecule has 0 N–H and O–H groups in total. The Kier molecular flexibility index (Phi) is 63.9. The topological polar surface area (TPSA) is 78.9 Å². The maximum absolute atomic E-state index is 12.9. The van der Waals surface area contributed by atoms with Crippen LogP contribution < -0.4 is 0 Å². The van der Waals surface area contributed by atoms with Crippen molar-refractivity contribution in [2.75, 3.05) is 13.2 Å². The van der Waals surface area contributed by atoms with E-state index in [0.717, 1.165) is 161 Å². The zero-order valence-electron chi connectivity index (χ0n) is 52.5. The van der Waals surface area contributed by atoms with Crippen molar-refractivity contribution in [3.8, 4) is 0 Å². The lowest BCUT2D eigenvalue weighted by Crippen LogP contribution is -2.30. The number of carbonyl (C=O) groups is 3. The zero-order chi connectivity index (χ0) is 58.5. The molecule has 0 aliphatic rings. The van der Waals surface area contributed by atoms with Gasteiger partial charge in [-0.3, -0.25) is 14.4 Å². The van der Waals surface area contributed by atoms with Gasteiger partial charge in [-0.25, -0.2) is 0 Å². The van der Waals surface area contributed by atoms with E-state index in [1.165, 1.54) is 89.9 Å². The van der Waals surface area contributed by atoms with Crippen LogP contribution in [0.1, 0.15) is 290 Å². The van der Waals surface area contributed by atoms with Crippen LogP contribution in [0.15, 0.2) is 146 Å². The van der Waals surface area contributed by atoms with E-state index >= 15 is 0 Å². The summed E-state index contributed by atoms with van der Waals surface area (Å²) in [4.78, 5) is 38.4. The first-order valence-electron chi connectivity index (χ1n) is 33.3. The Morgan fingerprint density at radius 1 is 0.259 bits per heavy atom. The van der Waals surface area contributed by atoms with Crippen molar-refractivity contribution in [1.29, 1.82) is 0 Å². The monoisotopic (exact) mass is 1120 g/mol. The SMILES string of the molecule is CC/C=C\C/C=C\C/C=C\C/C=C\C/C=C\C/C=C\CCCCCCCCCCCCCCC(=O)OCC(COC(=O)CCCCCCC/C=C\C/C=C\CCCCC)OC(=O)CCCCCC/C=C\C/C=C\C/C=C\C/C=C\CC.